The lowest BCUT2D eigenvalue weighted by molar-refractivity contribution is 0.0529. The molecule has 7 heteroatoms. The second-order valence-corrected chi connectivity index (χ2v) is 8.31. The van der Waals surface area contributed by atoms with Gasteiger partial charge in [-0.1, -0.05) is 30.3 Å². The molecular formula is C27H22FNO4S. The molecule has 1 N–H and O–H groups in total. The molecule has 4 aromatic rings. The highest BCUT2D eigenvalue weighted by Gasteiger charge is 2.30. The maximum absolute atomic E-state index is 13.6. The van der Waals surface area contributed by atoms with Gasteiger partial charge in [0, 0.05) is 16.8 Å². The van der Waals surface area contributed by atoms with E-state index in [1.165, 1.54) is 24.3 Å². The van der Waals surface area contributed by atoms with Crippen molar-refractivity contribution in [2.45, 2.75) is 6.92 Å². The number of hydrogen-bond donors (Lipinski definition) is 1. The summed E-state index contributed by atoms with van der Waals surface area (Å²) in [4.78, 5) is 27.1. The molecule has 0 aliphatic carbocycles. The van der Waals surface area contributed by atoms with Gasteiger partial charge < -0.3 is 14.8 Å². The third-order valence-corrected chi connectivity index (χ3v) is 6.21. The number of carbonyl (C=O) groups is 2. The van der Waals surface area contributed by atoms with Crippen molar-refractivity contribution in [2.24, 2.45) is 0 Å². The Bertz CT molecular complexity index is 1300. The lowest BCUT2D eigenvalue weighted by atomic mass is 9.97. The highest BCUT2D eigenvalue weighted by atomic mass is 32.1. The average molecular weight is 476 g/mol. The first kappa shape index (κ1) is 23.2. The Balaban J connectivity index is 1.93. The smallest absolute Gasteiger partial charge is 0.341 e. The molecule has 0 unspecified atom stereocenters. The molecular weight excluding hydrogens is 453 g/mol. The number of methoxy groups -OCH3 is 1. The van der Waals surface area contributed by atoms with Crippen LogP contribution in [-0.4, -0.2) is 25.5 Å². The van der Waals surface area contributed by atoms with E-state index in [9.17, 15) is 14.0 Å². The van der Waals surface area contributed by atoms with E-state index in [-0.39, 0.29) is 18.0 Å². The number of benzene rings is 3. The molecule has 0 radical (unpaired) electrons. The SMILES string of the molecule is CCOC(=O)c1c(Nc2ccccc2)sc(C(=O)c2ccc(F)cc2)c1-c1ccc(OC)cc1. The number of anilines is 2. The van der Waals surface area contributed by atoms with Gasteiger partial charge in [0.05, 0.1) is 18.6 Å². The lowest BCUT2D eigenvalue weighted by Crippen LogP contribution is -2.09. The van der Waals surface area contributed by atoms with E-state index in [0.29, 0.717) is 32.3 Å². The van der Waals surface area contributed by atoms with Gasteiger partial charge >= 0.3 is 5.97 Å². The summed E-state index contributed by atoms with van der Waals surface area (Å²) in [6.45, 7) is 1.91. The number of rotatable bonds is 8. The zero-order chi connectivity index (χ0) is 24.1. The van der Waals surface area contributed by atoms with Crippen LogP contribution in [0.1, 0.15) is 32.5 Å². The molecule has 0 aliphatic rings. The molecule has 0 saturated heterocycles. The Morgan fingerprint density at radius 2 is 1.62 bits per heavy atom. The van der Waals surface area contributed by atoms with Gasteiger partial charge in [-0.3, -0.25) is 4.79 Å². The summed E-state index contributed by atoms with van der Waals surface area (Å²) in [5, 5.41) is 3.75. The Labute approximate surface area is 200 Å². The third kappa shape index (κ3) is 4.84. The summed E-state index contributed by atoms with van der Waals surface area (Å²) < 4.78 is 24.1. The summed E-state index contributed by atoms with van der Waals surface area (Å²) >= 11 is 1.16. The van der Waals surface area contributed by atoms with Crippen LogP contribution in [0.2, 0.25) is 0 Å². The number of esters is 1. The molecule has 5 nitrogen and oxygen atoms in total. The first-order valence-electron chi connectivity index (χ1n) is 10.6. The van der Waals surface area contributed by atoms with Crippen molar-refractivity contribution in [3.8, 4) is 16.9 Å². The first-order chi connectivity index (χ1) is 16.5. The Morgan fingerprint density at radius 1 is 0.941 bits per heavy atom. The van der Waals surface area contributed by atoms with Crippen LogP contribution < -0.4 is 10.1 Å². The minimum Gasteiger partial charge on any atom is -0.497 e. The normalized spacial score (nSPS) is 10.6. The third-order valence-electron chi connectivity index (χ3n) is 5.11. The molecule has 4 rings (SSSR count). The largest absolute Gasteiger partial charge is 0.497 e. The fourth-order valence-corrected chi connectivity index (χ4v) is 4.69. The topological polar surface area (TPSA) is 64.6 Å². The van der Waals surface area contributed by atoms with Crippen LogP contribution in [-0.2, 0) is 4.74 Å². The predicted octanol–water partition coefficient (Wildman–Crippen LogP) is 6.71. The minimum absolute atomic E-state index is 0.183. The highest BCUT2D eigenvalue weighted by molar-refractivity contribution is 7.19. The molecule has 34 heavy (non-hydrogen) atoms. The zero-order valence-corrected chi connectivity index (χ0v) is 19.4. The zero-order valence-electron chi connectivity index (χ0n) is 18.6. The number of thiophene rings is 1. The fourth-order valence-electron chi connectivity index (χ4n) is 3.50. The van der Waals surface area contributed by atoms with E-state index in [0.717, 1.165) is 17.0 Å². The standard InChI is InChI=1S/C27H22FNO4S/c1-3-33-27(31)23-22(17-11-15-21(32-2)16-12-17)25(24(30)18-9-13-19(28)14-10-18)34-26(23)29-20-7-5-4-6-8-20/h4-16,29H,3H2,1-2H3. The van der Waals surface area contributed by atoms with Crippen molar-refractivity contribution in [1.82, 2.24) is 0 Å². The second-order valence-electron chi connectivity index (χ2n) is 7.29. The van der Waals surface area contributed by atoms with Crippen molar-refractivity contribution in [2.75, 3.05) is 19.0 Å². The summed E-state index contributed by atoms with van der Waals surface area (Å²) in [6, 6.07) is 21.8. The number of carbonyl (C=O) groups excluding carboxylic acids is 2. The monoisotopic (exact) mass is 475 g/mol. The van der Waals surface area contributed by atoms with Crippen molar-refractivity contribution in [1.29, 1.82) is 0 Å². The van der Waals surface area contributed by atoms with Crippen molar-refractivity contribution in [3.63, 3.8) is 0 Å². The number of nitrogens with one attached hydrogen (secondary N) is 1. The van der Waals surface area contributed by atoms with Crippen LogP contribution in [0.5, 0.6) is 5.75 Å². The van der Waals surface area contributed by atoms with E-state index in [2.05, 4.69) is 5.32 Å². The molecule has 0 amide bonds. The Hall–Kier alpha value is -3.97. The molecule has 1 heterocycles. The van der Waals surface area contributed by atoms with E-state index >= 15 is 0 Å². The number of ether oxygens (including phenoxy) is 2. The van der Waals surface area contributed by atoms with Crippen molar-refractivity contribution < 1.29 is 23.5 Å². The molecule has 0 fully saturated rings. The van der Waals surface area contributed by atoms with Gasteiger partial charge in [0.2, 0.25) is 5.78 Å². The van der Waals surface area contributed by atoms with Crippen molar-refractivity contribution in [3.05, 3.63) is 101 Å². The summed E-state index contributed by atoms with van der Waals surface area (Å²) in [5.74, 6) is -0.647. The number of hydrogen-bond acceptors (Lipinski definition) is 6. The molecule has 0 atom stereocenters. The van der Waals surface area contributed by atoms with Crippen LogP contribution >= 0.6 is 11.3 Å². The molecule has 0 spiro atoms. The van der Waals surface area contributed by atoms with Gasteiger partial charge in [0.15, 0.2) is 0 Å². The number of ketones is 1. The molecule has 1 aromatic heterocycles. The van der Waals surface area contributed by atoms with E-state index in [1.807, 2.05) is 30.3 Å². The van der Waals surface area contributed by atoms with Crippen molar-refractivity contribution >= 4 is 33.8 Å². The van der Waals surface area contributed by atoms with E-state index < -0.39 is 11.8 Å². The predicted molar refractivity (Wildman–Crippen MR) is 132 cm³/mol. The van der Waals surface area contributed by atoms with Gasteiger partial charge in [0.25, 0.3) is 0 Å². The van der Waals surface area contributed by atoms with Gasteiger partial charge in [-0.15, -0.1) is 11.3 Å². The van der Waals surface area contributed by atoms with Crippen LogP contribution in [0.4, 0.5) is 15.1 Å². The summed E-state index contributed by atoms with van der Waals surface area (Å²) in [6.07, 6.45) is 0. The number of halogens is 1. The van der Waals surface area contributed by atoms with Gasteiger partial charge in [0.1, 0.15) is 22.1 Å². The molecule has 0 saturated carbocycles. The van der Waals surface area contributed by atoms with E-state index in [1.54, 1.807) is 38.3 Å². The van der Waals surface area contributed by atoms with E-state index in [4.69, 9.17) is 9.47 Å². The summed E-state index contributed by atoms with van der Waals surface area (Å²) in [5.41, 5.74) is 2.47. The Kier molecular flexibility index (Phi) is 7.04. The van der Waals surface area contributed by atoms with Crippen LogP contribution in [0, 0.1) is 5.82 Å². The van der Waals surface area contributed by atoms with Gasteiger partial charge in [-0.05, 0) is 61.0 Å². The van der Waals surface area contributed by atoms with Gasteiger partial charge in [-0.25, -0.2) is 9.18 Å². The second kappa shape index (κ2) is 10.3. The highest BCUT2D eigenvalue weighted by Crippen LogP contribution is 2.43. The number of para-hydroxylation sites is 1. The molecule has 0 bridgehead atoms. The Morgan fingerprint density at radius 3 is 2.24 bits per heavy atom. The maximum atomic E-state index is 13.6. The minimum atomic E-state index is -0.541. The lowest BCUT2D eigenvalue weighted by Gasteiger charge is -2.10. The molecule has 172 valence electrons. The molecule has 3 aromatic carbocycles. The fraction of sp³-hybridized carbons (Fsp3) is 0.111. The van der Waals surface area contributed by atoms with Crippen LogP contribution in [0.15, 0.2) is 78.9 Å². The molecule has 0 aliphatic heterocycles. The van der Waals surface area contributed by atoms with Crippen LogP contribution in [0.3, 0.4) is 0 Å². The van der Waals surface area contributed by atoms with Gasteiger partial charge in [-0.2, -0.15) is 0 Å². The quantitative estimate of drug-likeness (QED) is 0.227. The first-order valence-corrected chi connectivity index (χ1v) is 11.4. The average Bonchev–Trinajstić information content (AvgIpc) is 3.24. The summed E-state index contributed by atoms with van der Waals surface area (Å²) in [7, 11) is 1.56. The van der Waals surface area contributed by atoms with Crippen LogP contribution in [0.25, 0.3) is 11.1 Å². The maximum Gasteiger partial charge on any atom is 0.341 e.